The number of alkyl halides is 13. The summed E-state index contributed by atoms with van der Waals surface area (Å²) in [5.74, 6) is -37.6. The molecule has 0 heterocycles. The Balaban J connectivity index is 5.35. The normalized spacial score (nSPS) is 14.7. The van der Waals surface area contributed by atoms with Crippen LogP contribution in [0.5, 0.6) is 0 Å². The first-order valence-corrected chi connectivity index (χ1v) is 7.45. The van der Waals surface area contributed by atoms with Crippen molar-refractivity contribution in [3.63, 3.8) is 0 Å². The third kappa shape index (κ3) is 5.08. The van der Waals surface area contributed by atoms with Gasteiger partial charge in [0.25, 0.3) is 0 Å². The van der Waals surface area contributed by atoms with E-state index in [1.165, 1.54) is 0 Å². The topological polar surface area (TPSA) is 26.3 Å². The lowest BCUT2D eigenvalue weighted by molar-refractivity contribution is -0.440. The molecule has 0 rings (SSSR count). The molecule has 0 aliphatic rings. The number of halogens is 13. The monoisotopic (exact) mass is 460 g/mol. The van der Waals surface area contributed by atoms with Crippen molar-refractivity contribution < 1.29 is 66.6 Å². The molecule has 0 aliphatic carbocycles. The van der Waals surface area contributed by atoms with Gasteiger partial charge in [-0.2, -0.15) is 57.1 Å². The fraction of sp³-hybridized carbons (Fsp3) is 0.786. The predicted molar refractivity (Wildman–Crippen MR) is 70.4 cm³/mol. The van der Waals surface area contributed by atoms with E-state index in [1.807, 2.05) is 0 Å². The Hall–Kier alpha value is -1.70. The Kier molecular flexibility index (Phi) is 8.08. The predicted octanol–water partition coefficient (Wildman–Crippen LogP) is 6.01. The summed E-state index contributed by atoms with van der Waals surface area (Å²) in [4.78, 5) is 10.6. The molecule has 172 valence electrons. The van der Waals surface area contributed by atoms with Crippen LogP contribution in [0.3, 0.4) is 0 Å². The minimum absolute atomic E-state index is 0.264. The van der Waals surface area contributed by atoms with Gasteiger partial charge in [0.15, 0.2) is 0 Å². The highest BCUT2D eigenvalue weighted by Gasteiger charge is 2.90. The van der Waals surface area contributed by atoms with Crippen molar-refractivity contribution in [3.05, 3.63) is 12.7 Å². The maximum absolute atomic E-state index is 13.4. The van der Waals surface area contributed by atoms with E-state index in [2.05, 4.69) is 11.3 Å². The van der Waals surface area contributed by atoms with Crippen LogP contribution in [0.25, 0.3) is 0 Å². The van der Waals surface area contributed by atoms with Gasteiger partial charge in [0.1, 0.15) is 0 Å². The summed E-state index contributed by atoms with van der Waals surface area (Å²) in [7, 11) is 0. The summed E-state index contributed by atoms with van der Waals surface area (Å²) in [6.07, 6.45) is -10.8. The fourth-order valence-corrected chi connectivity index (χ4v) is 1.82. The van der Waals surface area contributed by atoms with Crippen LogP contribution in [0.15, 0.2) is 12.7 Å². The third-order valence-corrected chi connectivity index (χ3v) is 3.54. The van der Waals surface area contributed by atoms with Crippen molar-refractivity contribution in [1.82, 2.24) is 0 Å². The van der Waals surface area contributed by atoms with Crippen LogP contribution in [-0.2, 0) is 9.53 Å². The van der Waals surface area contributed by atoms with Gasteiger partial charge in [-0.05, 0) is 19.3 Å². The van der Waals surface area contributed by atoms with E-state index < -0.39 is 67.6 Å². The van der Waals surface area contributed by atoms with Gasteiger partial charge in [-0.25, -0.2) is 4.79 Å². The molecule has 0 radical (unpaired) electrons. The molecule has 0 saturated carbocycles. The van der Waals surface area contributed by atoms with E-state index in [0.717, 1.165) is 0 Å². The maximum Gasteiger partial charge on any atom is 0.460 e. The fourth-order valence-electron chi connectivity index (χ4n) is 1.82. The van der Waals surface area contributed by atoms with E-state index >= 15 is 0 Å². The van der Waals surface area contributed by atoms with Crippen LogP contribution < -0.4 is 0 Å². The first kappa shape index (κ1) is 27.3. The zero-order valence-electron chi connectivity index (χ0n) is 14.1. The van der Waals surface area contributed by atoms with Gasteiger partial charge in [0, 0.05) is 12.5 Å². The molecule has 0 aromatic rings. The number of hydrogen-bond acceptors (Lipinski definition) is 2. The Morgan fingerprint density at radius 1 is 0.690 bits per heavy atom. The second-order valence-corrected chi connectivity index (χ2v) is 5.68. The second-order valence-electron chi connectivity index (χ2n) is 5.68. The zero-order valence-corrected chi connectivity index (χ0v) is 14.1. The highest BCUT2D eigenvalue weighted by atomic mass is 19.4. The van der Waals surface area contributed by atoms with Crippen molar-refractivity contribution in [2.24, 2.45) is 0 Å². The lowest BCUT2D eigenvalue weighted by Gasteiger charge is -2.39. The molecule has 0 spiro atoms. The van der Waals surface area contributed by atoms with Gasteiger partial charge in [-0.15, -0.1) is 0 Å². The molecule has 0 amide bonds. The highest BCUT2D eigenvalue weighted by Crippen LogP contribution is 2.60. The summed E-state index contributed by atoms with van der Waals surface area (Å²) < 4.78 is 171. The quantitative estimate of drug-likeness (QED) is 0.163. The van der Waals surface area contributed by atoms with Crippen molar-refractivity contribution in [1.29, 1.82) is 0 Å². The molecule has 0 fully saturated rings. The van der Waals surface area contributed by atoms with Gasteiger partial charge < -0.3 is 4.74 Å². The average Bonchev–Trinajstić information content (AvgIpc) is 2.55. The van der Waals surface area contributed by atoms with Crippen molar-refractivity contribution in [3.8, 4) is 0 Å². The number of rotatable bonds is 11. The van der Waals surface area contributed by atoms with Crippen LogP contribution in [0, 0.1) is 0 Å². The summed E-state index contributed by atoms with van der Waals surface area (Å²) in [5.41, 5.74) is 0. The van der Waals surface area contributed by atoms with Gasteiger partial charge >= 0.3 is 41.8 Å². The molecule has 15 heteroatoms. The number of esters is 1. The van der Waals surface area contributed by atoms with E-state index in [-0.39, 0.29) is 6.42 Å². The van der Waals surface area contributed by atoms with Gasteiger partial charge in [0.05, 0.1) is 6.61 Å². The van der Waals surface area contributed by atoms with E-state index in [1.54, 1.807) is 0 Å². The van der Waals surface area contributed by atoms with Crippen molar-refractivity contribution in [2.75, 3.05) is 6.61 Å². The lowest BCUT2D eigenvalue weighted by atomic mass is 9.91. The second kappa shape index (κ2) is 8.58. The molecule has 2 nitrogen and oxygen atoms in total. The summed E-state index contributed by atoms with van der Waals surface area (Å²) >= 11 is 0. The smallest absolute Gasteiger partial charge is 0.460 e. The highest BCUT2D eigenvalue weighted by molar-refractivity contribution is 5.81. The largest absolute Gasteiger partial charge is 0.463 e. The summed E-state index contributed by atoms with van der Waals surface area (Å²) in [6.45, 7) is 2.57. The average molecular weight is 460 g/mol. The van der Waals surface area contributed by atoms with E-state index in [0.29, 0.717) is 6.08 Å². The summed E-state index contributed by atoms with van der Waals surface area (Å²) in [5, 5.41) is 0. The molecule has 0 aromatic heterocycles. The molecule has 0 atom stereocenters. The van der Waals surface area contributed by atoms with Gasteiger partial charge in [-0.3, -0.25) is 0 Å². The van der Waals surface area contributed by atoms with Crippen molar-refractivity contribution >= 4 is 5.97 Å². The van der Waals surface area contributed by atoms with Crippen LogP contribution in [-0.4, -0.2) is 48.4 Å². The molecule has 0 bridgehead atoms. The zero-order chi connectivity index (χ0) is 23.5. The molecule has 0 N–H and O–H groups in total. The van der Waals surface area contributed by atoms with Crippen molar-refractivity contribution in [2.45, 2.75) is 61.5 Å². The van der Waals surface area contributed by atoms with Crippen LogP contribution >= 0.6 is 0 Å². The number of carbonyl (C=O) groups is 1. The minimum Gasteiger partial charge on any atom is -0.463 e. The standard InChI is InChI=1S/C14H13F13O2/c1-2-8(28)29-7-5-3-4-6-9(15,16)10(17,18)11(19,20)12(21,22)13(23,24)14(25,26)27/h2H,1,3-7H2. The molecule has 29 heavy (non-hydrogen) atoms. The van der Waals surface area contributed by atoms with Crippen LogP contribution in [0.4, 0.5) is 57.1 Å². The van der Waals surface area contributed by atoms with E-state index in [4.69, 9.17) is 0 Å². The first-order chi connectivity index (χ1) is 12.7. The number of carbonyl (C=O) groups excluding carboxylic acids is 1. The number of hydrogen-bond donors (Lipinski definition) is 0. The Morgan fingerprint density at radius 3 is 1.55 bits per heavy atom. The molecule has 0 unspecified atom stereocenters. The van der Waals surface area contributed by atoms with Crippen LogP contribution in [0.2, 0.25) is 0 Å². The molecular weight excluding hydrogens is 447 g/mol. The summed E-state index contributed by atoms with van der Waals surface area (Å²) in [6, 6.07) is 0. The molecule has 0 saturated heterocycles. The maximum atomic E-state index is 13.4. The lowest BCUT2D eigenvalue weighted by Crippen LogP contribution is -2.70. The Bertz CT molecular complexity index is 581. The van der Waals surface area contributed by atoms with Crippen LogP contribution in [0.1, 0.15) is 25.7 Å². The molecule has 0 aliphatic heterocycles. The Morgan fingerprint density at radius 2 is 1.14 bits per heavy atom. The van der Waals surface area contributed by atoms with E-state index in [9.17, 15) is 61.9 Å². The number of ether oxygens (including phenoxy) is 1. The SMILES string of the molecule is C=CC(=O)OCCCCCC(F)(F)C(F)(F)C(F)(F)C(F)(F)C(F)(F)C(F)(F)F. The number of unbranched alkanes of at least 4 members (excludes halogenated alkanes) is 2. The van der Waals surface area contributed by atoms with Gasteiger partial charge in [0.2, 0.25) is 0 Å². The first-order valence-electron chi connectivity index (χ1n) is 7.45. The Labute approximate surface area is 154 Å². The van der Waals surface area contributed by atoms with Gasteiger partial charge in [-0.1, -0.05) is 6.58 Å². The molecule has 0 aromatic carbocycles. The molecular formula is C14H13F13O2. The third-order valence-electron chi connectivity index (χ3n) is 3.54. The minimum atomic E-state index is -7.88.